The maximum atomic E-state index is 14.2. The van der Waals surface area contributed by atoms with Gasteiger partial charge in [0.25, 0.3) is 0 Å². The van der Waals surface area contributed by atoms with Crippen molar-refractivity contribution in [3.05, 3.63) is 33.6 Å². The molecule has 0 saturated carbocycles. The molecule has 2 rings (SSSR count). The fraction of sp³-hybridized carbons (Fsp3) is 0.538. The summed E-state index contributed by atoms with van der Waals surface area (Å²) in [6, 6.07) is 1.70. The quantitative estimate of drug-likeness (QED) is 0.791. The van der Waals surface area contributed by atoms with Gasteiger partial charge in [0.05, 0.1) is 5.02 Å². The third kappa shape index (κ3) is 1.74. The Balaban J connectivity index is 2.63. The second kappa shape index (κ2) is 4.01. The Kier molecular flexibility index (Phi) is 2.97. The molecule has 16 heavy (non-hydrogen) atoms. The number of rotatable bonds is 1. The van der Waals surface area contributed by atoms with Crippen LogP contribution >= 0.6 is 11.6 Å². The molecular formula is C13H17ClFN. The molecule has 1 atom stereocenters. The van der Waals surface area contributed by atoms with Gasteiger partial charge in [-0.2, -0.15) is 0 Å². The normalized spacial score (nSPS) is 25.1. The van der Waals surface area contributed by atoms with Gasteiger partial charge in [-0.05, 0) is 57.4 Å². The number of hydrogen-bond donors (Lipinski definition) is 1. The molecule has 1 unspecified atom stereocenters. The molecule has 0 aromatic heterocycles. The summed E-state index contributed by atoms with van der Waals surface area (Å²) in [5.74, 6) is -0.262. The van der Waals surface area contributed by atoms with Gasteiger partial charge in [-0.15, -0.1) is 0 Å². The van der Waals surface area contributed by atoms with E-state index in [1.807, 2.05) is 13.8 Å². The summed E-state index contributed by atoms with van der Waals surface area (Å²) in [7, 11) is 0. The molecule has 1 fully saturated rings. The van der Waals surface area contributed by atoms with E-state index < -0.39 is 0 Å². The van der Waals surface area contributed by atoms with Crippen LogP contribution in [0.2, 0.25) is 5.02 Å². The second-order valence-electron chi connectivity index (χ2n) is 4.85. The van der Waals surface area contributed by atoms with Crippen LogP contribution in [0.15, 0.2) is 6.07 Å². The smallest absolute Gasteiger partial charge is 0.147 e. The van der Waals surface area contributed by atoms with E-state index in [1.54, 1.807) is 6.07 Å². The van der Waals surface area contributed by atoms with Crippen LogP contribution in [-0.2, 0) is 5.54 Å². The molecule has 1 N–H and O–H groups in total. The summed E-state index contributed by atoms with van der Waals surface area (Å²) in [5.41, 5.74) is 2.55. The molecule has 1 aliphatic heterocycles. The molecule has 3 heteroatoms. The van der Waals surface area contributed by atoms with Crippen molar-refractivity contribution in [1.29, 1.82) is 0 Å². The first kappa shape index (κ1) is 11.9. The Bertz CT molecular complexity index is 396. The predicted octanol–water partition coefficient (Wildman–Crippen LogP) is 3.69. The van der Waals surface area contributed by atoms with Crippen LogP contribution in [0, 0.1) is 19.7 Å². The minimum atomic E-state index is -0.262. The molecule has 0 bridgehead atoms. The predicted molar refractivity (Wildman–Crippen MR) is 65.5 cm³/mol. The van der Waals surface area contributed by atoms with Crippen LogP contribution in [0.3, 0.4) is 0 Å². The van der Waals surface area contributed by atoms with Gasteiger partial charge < -0.3 is 5.32 Å². The van der Waals surface area contributed by atoms with Gasteiger partial charge in [-0.1, -0.05) is 11.6 Å². The Morgan fingerprint density at radius 1 is 1.44 bits per heavy atom. The molecule has 1 heterocycles. The Morgan fingerprint density at radius 2 is 2.12 bits per heavy atom. The number of nitrogens with one attached hydrogen (secondary N) is 1. The van der Waals surface area contributed by atoms with E-state index in [9.17, 15) is 4.39 Å². The standard InChI is InChI=1S/C13H17ClFN/c1-8-7-10(14)12(15)11(9(8)2)13(3)5-4-6-16-13/h7,16H,4-6H2,1-3H3. The summed E-state index contributed by atoms with van der Waals surface area (Å²) >= 11 is 5.93. The third-order valence-corrected chi connectivity index (χ3v) is 3.93. The summed E-state index contributed by atoms with van der Waals surface area (Å²) < 4.78 is 14.2. The summed E-state index contributed by atoms with van der Waals surface area (Å²) in [5, 5.41) is 3.62. The van der Waals surface area contributed by atoms with Crippen molar-refractivity contribution >= 4 is 11.6 Å². The monoisotopic (exact) mass is 241 g/mol. The minimum absolute atomic E-state index is 0.230. The first-order valence-electron chi connectivity index (χ1n) is 5.66. The molecule has 0 radical (unpaired) electrons. The molecule has 0 aliphatic carbocycles. The van der Waals surface area contributed by atoms with Crippen molar-refractivity contribution in [3.8, 4) is 0 Å². The largest absolute Gasteiger partial charge is 0.308 e. The maximum absolute atomic E-state index is 14.2. The zero-order valence-corrected chi connectivity index (χ0v) is 10.7. The highest BCUT2D eigenvalue weighted by molar-refractivity contribution is 6.30. The lowest BCUT2D eigenvalue weighted by atomic mass is 9.85. The number of benzene rings is 1. The third-order valence-electron chi connectivity index (χ3n) is 3.66. The number of halogens is 2. The average molecular weight is 242 g/mol. The zero-order valence-electron chi connectivity index (χ0n) is 9.95. The fourth-order valence-corrected chi connectivity index (χ4v) is 2.87. The SMILES string of the molecule is Cc1cc(Cl)c(F)c(C2(C)CCCN2)c1C. The van der Waals surface area contributed by atoms with E-state index in [-0.39, 0.29) is 16.4 Å². The van der Waals surface area contributed by atoms with Crippen molar-refractivity contribution in [2.75, 3.05) is 6.54 Å². The molecule has 0 amide bonds. The second-order valence-corrected chi connectivity index (χ2v) is 5.26. The molecule has 1 aliphatic rings. The first-order valence-corrected chi connectivity index (χ1v) is 6.04. The van der Waals surface area contributed by atoms with Crippen LogP contribution in [0.1, 0.15) is 36.5 Å². The Hall–Kier alpha value is -0.600. The van der Waals surface area contributed by atoms with Crippen LogP contribution in [-0.4, -0.2) is 6.54 Å². The maximum Gasteiger partial charge on any atom is 0.147 e. The van der Waals surface area contributed by atoms with Gasteiger partial charge in [0, 0.05) is 11.1 Å². The zero-order chi connectivity index (χ0) is 11.9. The van der Waals surface area contributed by atoms with Gasteiger partial charge >= 0.3 is 0 Å². The van der Waals surface area contributed by atoms with Crippen LogP contribution in [0.5, 0.6) is 0 Å². The van der Waals surface area contributed by atoms with E-state index in [0.29, 0.717) is 0 Å². The van der Waals surface area contributed by atoms with Crippen molar-refractivity contribution in [1.82, 2.24) is 5.32 Å². The highest BCUT2D eigenvalue weighted by Crippen LogP contribution is 2.37. The number of hydrogen-bond acceptors (Lipinski definition) is 1. The minimum Gasteiger partial charge on any atom is -0.308 e. The van der Waals surface area contributed by atoms with E-state index in [2.05, 4.69) is 12.2 Å². The van der Waals surface area contributed by atoms with Crippen molar-refractivity contribution in [2.45, 2.75) is 39.2 Å². The first-order chi connectivity index (χ1) is 7.46. The van der Waals surface area contributed by atoms with Crippen LogP contribution in [0.4, 0.5) is 4.39 Å². The van der Waals surface area contributed by atoms with E-state index >= 15 is 0 Å². The summed E-state index contributed by atoms with van der Waals surface area (Å²) in [6.45, 7) is 6.94. The highest BCUT2D eigenvalue weighted by atomic mass is 35.5. The van der Waals surface area contributed by atoms with E-state index in [1.165, 1.54) is 0 Å². The van der Waals surface area contributed by atoms with Gasteiger partial charge in [0.1, 0.15) is 5.82 Å². The lowest BCUT2D eigenvalue weighted by Gasteiger charge is -2.28. The topological polar surface area (TPSA) is 12.0 Å². The molecule has 88 valence electrons. The fourth-order valence-electron chi connectivity index (χ4n) is 2.61. The lowest BCUT2D eigenvalue weighted by molar-refractivity contribution is 0.408. The molecule has 0 spiro atoms. The molecule has 1 aromatic carbocycles. The Labute approximate surface area is 101 Å². The summed E-state index contributed by atoms with van der Waals surface area (Å²) in [6.07, 6.45) is 2.05. The van der Waals surface area contributed by atoms with Gasteiger partial charge in [0.15, 0.2) is 0 Å². The lowest BCUT2D eigenvalue weighted by Crippen LogP contribution is -2.35. The molecule has 1 nitrogen and oxygen atoms in total. The Morgan fingerprint density at radius 3 is 2.69 bits per heavy atom. The van der Waals surface area contributed by atoms with Crippen LogP contribution < -0.4 is 5.32 Å². The van der Waals surface area contributed by atoms with E-state index in [0.717, 1.165) is 36.1 Å². The van der Waals surface area contributed by atoms with Crippen molar-refractivity contribution in [2.24, 2.45) is 0 Å². The molecular weight excluding hydrogens is 225 g/mol. The number of aryl methyl sites for hydroxylation is 1. The summed E-state index contributed by atoms with van der Waals surface area (Å²) in [4.78, 5) is 0. The van der Waals surface area contributed by atoms with Crippen LogP contribution in [0.25, 0.3) is 0 Å². The molecule has 1 aromatic rings. The average Bonchev–Trinajstić information content (AvgIpc) is 2.63. The van der Waals surface area contributed by atoms with Gasteiger partial charge in [0.2, 0.25) is 0 Å². The van der Waals surface area contributed by atoms with Gasteiger partial charge in [-0.25, -0.2) is 4.39 Å². The van der Waals surface area contributed by atoms with Crippen molar-refractivity contribution < 1.29 is 4.39 Å². The van der Waals surface area contributed by atoms with Gasteiger partial charge in [-0.3, -0.25) is 0 Å². The molecule has 1 saturated heterocycles. The van der Waals surface area contributed by atoms with E-state index in [4.69, 9.17) is 11.6 Å². The van der Waals surface area contributed by atoms with Crippen molar-refractivity contribution in [3.63, 3.8) is 0 Å². The highest BCUT2D eigenvalue weighted by Gasteiger charge is 2.35.